The number of hydrogen-bond acceptors (Lipinski definition) is 6. The van der Waals surface area contributed by atoms with Crippen molar-refractivity contribution in [2.75, 3.05) is 18.2 Å². The lowest BCUT2D eigenvalue weighted by Crippen LogP contribution is -2.25. The minimum Gasteiger partial charge on any atom is -0.496 e. The van der Waals surface area contributed by atoms with Gasteiger partial charge in [0.05, 0.1) is 34.8 Å². The van der Waals surface area contributed by atoms with Gasteiger partial charge >= 0.3 is 0 Å². The molecule has 0 atom stereocenters. The van der Waals surface area contributed by atoms with E-state index in [1.165, 1.54) is 25.4 Å². The summed E-state index contributed by atoms with van der Waals surface area (Å²) in [7, 11) is 3.18. The summed E-state index contributed by atoms with van der Waals surface area (Å²) in [4.78, 5) is 28.7. The third-order valence-electron chi connectivity index (χ3n) is 6.68. The van der Waals surface area contributed by atoms with Crippen molar-refractivity contribution in [1.82, 2.24) is 14.9 Å². The zero-order valence-corrected chi connectivity index (χ0v) is 21.3. The van der Waals surface area contributed by atoms with Gasteiger partial charge in [0.1, 0.15) is 23.5 Å². The van der Waals surface area contributed by atoms with Crippen molar-refractivity contribution in [2.24, 2.45) is 7.05 Å². The van der Waals surface area contributed by atoms with Crippen LogP contribution in [0.4, 0.5) is 15.9 Å². The number of benzene rings is 2. The van der Waals surface area contributed by atoms with E-state index < -0.39 is 11.7 Å². The fourth-order valence-corrected chi connectivity index (χ4v) is 4.69. The van der Waals surface area contributed by atoms with Crippen molar-refractivity contribution in [3.8, 4) is 34.2 Å². The minimum atomic E-state index is -0.610. The topological polar surface area (TPSA) is 135 Å². The average molecular weight is 525 g/mol. The van der Waals surface area contributed by atoms with Crippen LogP contribution in [0.1, 0.15) is 28.8 Å². The molecule has 1 aliphatic rings. The normalized spacial score (nSPS) is 12.6. The van der Waals surface area contributed by atoms with Crippen LogP contribution in [0, 0.1) is 17.1 Å². The Morgan fingerprint density at radius 2 is 2.05 bits per heavy atom. The predicted octanol–water partition coefficient (Wildman–Crippen LogP) is 4.53. The maximum atomic E-state index is 15.6. The smallest absolute Gasteiger partial charge is 0.255 e. The Labute approximate surface area is 223 Å². The second kappa shape index (κ2) is 9.95. The highest BCUT2D eigenvalue weighted by Crippen LogP contribution is 2.45. The van der Waals surface area contributed by atoms with Gasteiger partial charge in [-0.05, 0) is 54.8 Å². The number of ether oxygens (including phenoxy) is 1. The van der Waals surface area contributed by atoms with Crippen LogP contribution in [0.2, 0.25) is 0 Å². The number of aryl methyl sites for hydroxylation is 1. The molecule has 0 bridgehead atoms. The van der Waals surface area contributed by atoms with Gasteiger partial charge in [0.15, 0.2) is 0 Å². The molecule has 4 N–H and O–H groups in total. The molecule has 39 heavy (non-hydrogen) atoms. The molecule has 1 fully saturated rings. The second-order valence-electron chi connectivity index (χ2n) is 9.23. The summed E-state index contributed by atoms with van der Waals surface area (Å²) in [6.45, 7) is 3.41. The van der Waals surface area contributed by atoms with Gasteiger partial charge in [0.25, 0.3) is 5.91 Å². The Morgan fingerprint density at radius 3 is 2.69 bits per heavy atom. The SMILES string of the molecule is C=CC(=O)Nc1ccc(-c2c(-c3ccc(C(=O)NC4CC4)c(OC)c3)c3c(N)ncc(C#N)c3n2C)c(F)c1. The van der Waals surface area contributed by atoms with Crippen molar-refractivity contribution in [3.05, 3.63) is 72.2 Å². The quantitative estimate of drug-likeness (QED) is 0.304. The van der Waals surface area contributed by atoms with Gasteiger partial charge in [0.2, 0.25) is 5.91 Å². The molecule has 0 spiro atoms. The number of anilines is 2. The van der Waals surface area contributed by atoms with Gasteiger partial charge in [-0.25, -0.2) is 9.37 Å². The van der Waals surface area contributed by atoms with E-state index in [4.69, 9.17) is 10.5 Å². The fraction of sp³-hybridized carbons (Fsp3) is 0.172. The van der Waals surface area contributed by atoms with Crippen LogP contribution in [0.5, 0.6) is 5.75 Å². The highest BCUT2D eigenvalue weighted by Gasteiger charge is 2.28. The number of nitrogens with two attached hydrogens (primary N) is 1. The van der Waals surface area contributed by atoms with Gasteiger partial charge in [-0.2, -0.15) is 5.26 Å². The molecule has 9 nitrogen and oxygen atoms in total. The number of methoxy groups -OCH3 is 1. The average Bonchev–Trinajstić information content (AvgIpc) is 3.70. The largest absolute Gasteiger partial charge is 0.496 e. The van der Waals surface area contributed by atoms with Crippen molar-refractivity contribution >= 4 is 34.2 Å². The number of aromatic nitrogens is 2. The summed E-state index contributed by atoms with van der Waals surface area (Å²) in [5, 5.41) is 15.8. The van der Waals surface area contributed by atoms with Crippen LogP contribution in [-0.2, 0) is 11.8 Å². The fourth-order valence-electron chi connectivity index (χ4n) is 4.69. The number of pyridine rings is 1. The molecule has 1 saturated carbocycles. The third kappa shape index (κ3) is 4.55. The highest BCUT2D eigenvalue weighted by atomic mass is 19.1. The predicted molar refractivity (Wildman–Crippen MR) is 147 cm³/mol. The first kappa shape index (κ1) is 25.5. The van der Waals surface area contributed by atoms with Gasteiger partial charge in [-0.1, -0.05) is 12.6 Å². The second-order valence-corrected chi connectivity index (χ2v) is 9.23. The zero-order valence-electron chi connectivity index (χ0n) is 21.3. The van der Waals surface area contributed by atoms with Crippen molar-refractivity contribution in [2.45, 2.75) is 18.9 Å². The van der Waals surface area contributed by atoms with Crippen molar-refractivity contribution in [3.63, 3.8) is 0 Å². The lowest BCUT2D eigenvalue weighted by molar-refractivity contribution is -0.111. The van der Waals surface area contributed by atoms with Crippen LogP contribution < -0.4 is 21.1 Å². The summed E-state index contributed by atoms with van der Waals surface area (Å²) < 4.78 is 22.9. The van der Waals surface area contributed by atoms with Gasteiger partial charge in [-0.15, -0.1) is 0 Å². The number of hydrogen-bond donors (Lipinski definition) is 3. The zero-order chi connectivity index (χ0) is 27.8. The van der Waals surface area contributed by atoms with Crippen molar-refractivity contribution in [1.29, 1.82) is 5.26 Å². The molecule has 0 aliphatic heterocycles. The Kier molecular flexibility index (Phi) is 6.50. The first-order valence-electron chi connectivity index (χ1n) is 12.2. The van der Waals surface area contributed by atoms with Gasteiger partial charge in [-0.3, -0.25) is 9.59 Å². The first-order chi connectivity index (χ1) is 18.8. The van der Waals surface area contributed by atoms with E-state index in [0.29, 0.717) is 39.0 Å². The molecule has 0 radical (unpaired) electrons. The Morgan fingerprint density at radius 1 is 1.28 bits per heavy atom. The van der Waals surface area contributed by atoms with E-state index in [1.54, 1.807) is 35.9 Å². The minimum absolute atomic E-state index is 0.158. The van der Waals surface area contributed by atoms with Crippen LogP contribution in [0.15, 0.2) is 55.3 Å². The maximum Gasteiger partial charge on any atom is 0.255 e. The Bertz CT molecular complexity index is 1710. The molecule has 10 heteroatoms. The summed E-state index contributed by atoms with van der Waals surface area (Å²) in [6, 6.07) is 11.7. The lowest BCUT2D eigenvalue weighted by atomic mass is 9.96. The molecule has 2 heterocycles. The van der Waals surface area contributed by atoms with E-state index in [9.17, 15) is 14.9 Å². The molecule has 0 unspecified atom stereocenters. The highest BCUT2D eigenvalue weighted by molar-refractivity contribution is 6.11. The summed E-state index contributed by atoms with van der Waals surface area (Å²) in [6.07, 6.45) is 4.36. The number of nitrogen functional groups attached to an aromatic ring is 1. The number of halogens is 1. The molecule has 2 aromatic carbocycles. The maximum absolute atomic E-state index is 15.6. The summed E-state index contributed by atoms with van der Waals surface area (Å²) >= 11 is 0. The third-order valence-corrected chi connectivity index (χ3v) is 6.68. The van der Waals surface area contributed by atoms with Gasteiger partial charge < -0.3 is 25.7 Å². The summed E-state index contributed by atoms with van der Waals surface area (Å²) in [5.74, 6) is -0.829. The molecule has 2 amide bonds. The number of carbonyl (C=O) groups excluding carboxylic acids is 2. The van der Waals surface area contributed by atoms with E-state index in [2.05, 4.69) is 28.3 Å². The lowest BCUT2D eigenvalue weighted by Gasteiger charge is -2.14. The summed E-state index contributed by atoms with van der Waals surface area (Å²) in [5.41, 5.74) is 9.44. The number of carbonyl (C=O) groups is 2. The van der Waals surface area contributed by atoms with Crippen LogP contribution in [0.3, 0.4) is 0 Å². The van der Waals surface area contributed by atoms with Crippen LogP contribution in [-0.4, -0.2) is 34.5 Å². The molecule has 4 aromatic rings. The first-order valence-corrected chi connectivity index (χ1v) is 12.2. The van der Waals surface area contributed by atoms with E-state index in [-0.39, 0.29) is 34.6 Å². The Hall–Kier alpha value is -5.17. The number of nitrogens with zero attached hydrogens (tertiary/aromatic N) is 3. The Balaban J connectivity index is 1.76. The molecular weight excluding hydrogens is 499 g/mol. The van der Waals surface area contributed by atoms with E-state index in [0.717, 1.165) is 18.9 Å². The number of fused-ring (bicyclic) bond motifs is 1. The molecule has 5 rings (SSSR count). The molecule has 1 aliphatic carbocycles. The molecular formula is C29H25FN6O3. The number of amides is 2. The van der Waals surface area contributed by atoms with E-state index in [1.807, 2.05) is 0 Å². The van der Waals surface area contributed by atoms with Crippen molar-refractivity contribution < 1.29 is 18.7 Å². The monoisotopic (exact) mass is 524 g/mol. The van der Waals surface area contributed by atoms with E-state index >= 15 is 4.39 Å². The molecule has 0 saturated heterocycles. The number of rotatable bonds is 7. The number of nitriles is 1. The molecule has 2 aromatic heterocycles. The molecule has 196 valence electrons. The van der Waals surface area contributed by atoms with Crippen LogP contribution in [0.25, 0.3) is 33.3 Å². The standard InChI is InChI=1S/C29H25FN6O3/c1-4-23(37)34-18-8-10-19(21(30)12-18)27-24(25-26(36(27)2)16(13-31)14-33-28(25)32)15-5-9-20(22(11-15)39-3)29(38)35-17-6-7-17/h4-5,8-12,14,17H,1,6-7H2,2-3H3,(H2,32,33)(H,34,37)(H,35,38). The number of nitrogens with one attached hydrogen (secondary N) is 2. The van der Waals surface area contributed by atoms with Gasteiger partial charge in [0, 0.05) is 36.1 Å². The van der Waals surface area contributed by atoms with Crippen LogP contribution >= 0.6 is 0 Å².